The molecule has 4 heteroatoms. The SMILES string of the molecule is CCOc1cccc(CC(C)N)c1OC(C)CCOC. The van der Waals surface area contributed by atoms with Gasteiger partial charge in [0.2, 0.25) is 0 Å². The van der Waals surface area contributed by atoms with Crippen LogP contribution in [0.15, 0.2) is 18.2 Å². The first-order valence-corrected chi connectivity index (χ1v) is 7.24. The van der Waals surface area contributed by atoms with Gasteiger partial charge in [0, 0.05) is 26.2 Å². The van der Waals surface area contributed by atoms with Crippen molar-refractivity contribution in [1.82, 2.24) is 0 Å². The lowest BCUT2D eigenvalue weighted by molar-refractivity contribution is 0.131. The third-order valence-corrected chi connectivity index (χ3v) is 2.95. The van der Waals surface area contributed by atoms with Crippen LogP contribution in [0.3, 0.4) is 0 Å². The molecule has 4 nitrogen and oxygen atoms in total. The number of hydrogen-bond acceptors (Lipinski definition) is 4. The Balaban J connectivity index is 2.91. The molecule has 0 amide bonds. The van der Waals surface area contributed by atoms with E-state index >= 15 is 0 Å². The van der Waals surface area contributed by atoms with Gasteiger partial charge in [-0.05, 0) is 38.8 Å². The van der Waals surface area contributed by atoms with Gasteiger partial charge in [0.05, 0.1) is 12.7 Å². The van der Waals surface area contributed by atoms with E-state index in [1.165, 1.54) is 0 Å². The molecule has 20 heavy (non-hydrogen) atoms. The molecule has 0 heterocycles. The van der Waals surface area contributed by atoms with Crippen LogP contribution in [0.5, 0.6) is 11.5 Å². The molecule has 0 aromatic heterocycles. The van der Waals surface area contributed by atoms with Crippen molar-refractivity contribution in [1.29, 1.82) is 0 Å². The van der Waals surface area contributed by atoms with E-state index in [0.29, 0.717) is 13.2 Å². The molecular formula is C16H27NO3. The minimum absolute atomic E-state index is 0.0726. The summed E-state index contributed by atoms with van der Waals surface area (Å²) >= 11 is 0. The highest BCUT2D eigenvalue weighted by Gasteiger charge is 2.15. The lowest BCUT2D eigenvalue weighted by Gasteiger charge is -2.21. The molecule has 0 fully saturated rings. The van der Waals surface area contributed by atoms with Crippen LogP contribution in [-0.2, 0) is 11.2 Å². The Morgan fingerprint density at radius 3 is 2.60 bits per heavy atom. The second-order valence-corrected chi connectivity index (χ2v) is 5.07. The van der Waals surface area contributed by atoms with Gasteiger partial charge in [0.1, 0.15) is 0 Å². The Morgan fingerprint density at radius 2 is 2.00 bits per heavy atom. The van der Waals surface area contributed by atoms with Crippen molar-refractivity contribution in [2.45, 2.75) is 45.8 Å². The standard InChI is InChI=1S/C16H27NO3/c1-5-19-15-8-6-7-14(11-12(2)17)16(15)20-13(3)9-10-18-4/h6-8,12-13H,5,9-11,17H2,1-4H3. The molecule has 0 saturated heterocycles. The second kappa shape index (κ2) is 8.82. The average molecular weight is 281 g/mol. The van der Waals surface area contributed by atoms with E-state index in [0.717, 1.165) is 29.9 Å². The third kappa shape index (κ3) is 5.39. The van der Waals surface area contributed by atoms with Gasteiger partial charge in [-0.15, -0.1) is 0 Å². The van der Waals surface area contributed by atoms with Crippen LogP contribution >= 0.6 is 0 Å². The van der Waals surface area contributed by atoms with Crippen molar-refractivity contribution in [3.05, 3.63) is 23.8 Å². The van der Waals surface area contributed by atoms with Gasteiger partial charge < -0.3 is 19.9 Å². The van der Waals surface area contributed by atoms with Crippen LogP contribution in [0.4, 0.5) is 0 Å². The van der Waals surface area contributed by atoms with E-state index in [4.69, 9.17) is 19.9 Å². The minimum Gasteiger partial charge on any atom is -0.490 e. The summed E-state index contributed by atoms with van der Waals surface area (Å²) in [5, 5.41) is 0. The molecule has 0 aliphatic carbocycles. The van der Waals surface area contributed by atoms with Crippen LogP contribution in [-0.4, -0.2) is 32.5 Å². The number of hydrogen-bond donors (Lipinski definition) is 1. The first kappa shape index (κ1) is 16.8. The van der Waals surface area contributed by atoms with E-state index < -0.39 is 0 Å². The molecule has 2 atom stereocenters. The summed E-state index contributed by atoms with van der Waals surface area (Å²) in [5.41, 5.74) is 7.00. The highest BCUT2D eigenvalue weighted by molar-refractivity contribution is 5.47. The predicted molar refractivity (Wildman–Crippen MR) is 81.5 cm³/mol. The van der Waals surface area contributed by atoms with E-state index in [2.05, 4.69) is 0 Å². The van der Waals surface area contributed by atoms with Gasteiger partial charge in [-0.2, -0.15) is 0 Å². The maximum atomic E-state index is 6.07. The number of rotatable bonds is 9. The Hall–Kier alpha value is -1.26. The first-order valence-electron chi connectivity index (χ1n) is 7.24. The third-order valence-electron chi connectivity index (χ3n) is 2.95. The van der Waals surface area contributed by atoms with Crippen LogP contribution in [0.25, 0.3) is 0 Å². The van der Waals surface area contributed by atoms with Crippen LogP contribution in [0.1, 0.15) is 32.8 Å². The molecule has 0 aliphatic rings. The van der Waals surface area contributed by atoms with Crippen LogP contribution < -0.4 is 15.2 Å². The van der Waals surface area contributed by atoms with E-state index in [-0.39, 0.29) is 12.1 Å². The molecule has 2 unspecified atom stereocenters. The monoisotopic (exact) mass is 281 g/mol. The maximum absolute atomic E-state index is 6.07. The van der Waals surface area contributed by atoms with Crippen molar-refractivity contribution < 1.29 is 14.2 Å². The minimum atomic E-state index is 0.0726. The molecule has 0 aliphatic heterocycles. The number of methoxy groups -OCH3 is 1. The summed E-state index contributed by atoms with van der Waals surface area (Å²) in [7, 11) is 1.70. The van der Waals surface area contributed by atoms with Crippen LogP contribution in [0.2, 0.25) is 0 Å². The zero-order valence-electron chi connectivity index (χ0n) is 13.0. The zero-order chi connectivity index (χ0) is 15.0. The van der Waals surface area contributed by atoms with Crippen molar-refractivity contribution in [3.63, 3.8) is 0 Å². The van der Waals surface area contributed by atoms with Gasteiger partial charge in [-0.1, -0.05) is 12.1 Å². The lowest BCUT2D eigenvalue weighted by atomic mass is 10.1. The fourth-order valence-corrected chi connectivity index (χ4v) is 2.02. The van der Waals surface area contributed by atoms with Gasteiger partial charge in [-0.3, -0.25) is 0 Å². The molecular weight excluding hydrogens is 254 g/mol. The van der Waals surface area contributed by atoms with Gasteiger partial charge in [-0.25, -0.2) is 0 Å². The van der Waals surface area contributed by atoms with Gasteiger partial charge >= 0.3 is 0 Å². The molecule has 0 bridgehead atoms. The summed E-state index contributed by atoms with van der Waals surface area (Å²) in [6, 6.07) is 6.05. The Labute approximate surface area is 122 Å². The fraction of sp³-hybridized carbons (Fsp3) is 0.625. The second-order valence-electron chi connectivity index (χ2n) is 5.07. The average Bonchev–Trinajstić information content (AvgIpc) is 2.39. The van der Waals surface area contributed by atoms with Crippen LogP contribution in [0, 0.1) is 0 Å². The highest BCUT2D eigenvalue weighted by atomic mass is 16.5. The summed E-state index contributed by atoms with van der Waals surface area (Å²) < 4.78 is 16.8. The number of benzene rings is 1. The molecule has 1 rings (SSSR count). The maximum Gasteiger partial charge on any atom is 0.164 e. The van der Waals surface area contributed by atoms with Gasteiger partial charge in [0.25, 0.3) is 0 Å². The molecule has 114 valence electrons. The van der Waals surface area contributed by atoms with Crippen molar-refractivity contribution >= 4 is 0 Å². The largest absolute Gasteiger partial charge is 0.490 e. The van der Waals surface area contributed by atoms with Crippen molar-refractivity contribution in [2.24, 2.45) is 5.73 Å². The van der Waals surface area contributed by atoms with Crippen molar-refractivity contribution in [3.8, 4) is 11.5 Å². The van der Waals surface area contributed by atoms with Crippen molar-refractivity contribution in [2.75, 3.05) is 20.3 Å². The Kier molecular flexibility index (Phi) is 7.41. The summed E-state index contributed by atoms with van der Waals surface area (Å²) in [5.74, 6) is 1.60. The topological polar surface area (TPSA) is 53.7 Å². The van der Waals surface area contributed by atoms with E-state index in [9.17, 15) is 0 Å². The zero-order valence-corrected chi connectivity index (χ0v) is 13.0. The number of ether oxygens (including phenoxy) is 3. The molecule has 0 radical (unpaired) electrons. The van der Waals surface area contributed by atoms with E-state index in [1.807, 2.05) is 39.0 Å². The number of para-hydroxylation sites is 1. The van der Waals surface area contributed by atoms with E-state index in [1.54, 1.807) is 7.11 Å². The predicted octanol–water partition coefficient (Wildman–Crippen LogP) is 2.78. The molecule has 0 saturated carbocycles. The molecule has 0 spiro atoms. The quantitative estimate of drug-likeness (QED) is 0.756. The smallest absolute Gasteiger partial charge is 0.164 e. The lowest BCUT2D eigenvalue weighted by Crippen LogP contribution is -2.20. The summed E-state index contributed by atoms with van der Waals surface area (Å²) in [6.07, 6.45) is 1.69. The fourth-order valence-electron chi connectivity index (χ4n) is 2.02. The molecule has 1 aromatic carbocycles. The number of nitrogens with two attached hydrogens (primary N) is 1. The normalized spacial score (nSPS) is 13.8. The molecule has 1 aromatic rings. The Morgan fingerprint density at radius 1 is 1.25 bits per heavy atom. The van der Waals surface area contributed by atoms with Gasteiger partial charge in [0.15, 0.2) is 11.5 Å². The summed E-state index contributed by atoms with van der Waals surface area (Å²) in [4.78, 5) is 0. The highest BCUT2D eigenvalue weighted by Crippen LogP contribution is 2.33. The Bertz CT molecular complexity index is 393. The summed E-state index contributed by atoms with van der Waals surface area (Å²) in [6.45, 7) is 7.30. The molecule has 2 N–H and O–H groups in total. The first-order chi connectivity index (χ1) is 9.58.